The van der Waals surface area contributed by atoms with Gasteiger partial charge in [0.05, 0.1) is 16.7 Å². The zero-order valence-electron chi connectivity index (χ0n) is 17.1. The van der Waals surface area contributed by atoms with Gasteiger partial charge in [-0.05, 0) is 48.4 Å². The predicted octanol–water partition coefficient (Wildman–Crippen LogP) is 5.36. The molecule has 1 aliphatic heterocycles. The van der Waals surface area contributed by atoms with Gasteiger partial charge < -0.3 is 14.8 Å². The van der Waals surface area contributed by atoms with Crippen LogP contribution in [0.4, 0.5) is 14.5 Å². The Morgan fingerprint density at radius 3 is 2.00 bits per heavy atom. The molecule has 0 fully saturated rings. The van der Waals surface area contributed by atoms with E-state index in [-0.39, 0.29) is 41.1 Å². The first-order valence-corrected chi connectivity index (χ1v) is 10.8. The molecule has 8 heteroatoms. The van der Waals surface area contributed by atoms with Gasteiger partial charge in [0, 0.05) is 11.6 Å². The van der Waals surface area contributed by atoms with E-state index in [1.54, 1.807) is 36.4 Å². The molecule has 0 bridgehead atoms. The van der Waals surface area contributed by atoms with Crippen molar-refractivity contribution in [2.45, 2.75) is 12.2 Å². The van der Waals surface area contributed by atoms with Crippen LogP contribution in [0, 0.1) is 11.6 Å². The lowest BCUT2D eigenvalue weighted by atomic mass is 10.0. The molecule has 0 saturated heterocycles. The maximum atomic E-state index is 13.4. The van der Waals surface area contributed by atoms with Gasteiger partial charge in [0.2, 0.25) is 12.7 Å². The molecule has 4 rings (SSSR count). The van der Waals surface area contributed by atoms with Crippen molar-refractivity contribution in [3.05, 3.63) is 89.0 Å². The molecule has 0 aromatic heterocycles. The van der Waals surface area contributed by atoms with E-state index < -0.39 is 0 Å². The number of carbonyl (C=O) groups is 2. The molecule has 32 heavy (non-hydrogen) atoms. The van der Waals surface area contributed by atoms with Crippen LogP contribution in [0.1, 0.15) is 33.7 Å². The molecule has 1 amide bonds. The molecule has 0 radical (unpaired) electrons. The largest absolute Gasteiger partial charge is 0.454 e. The Labute approximate surface area is 187 Å². The van der Waals surface area contributed by atoms with Gasteiger partial charge >= 0.3 is 0 Å². The fraction of sp³-hybridized carbons (Fsp3) is 0.167. The number of fused-ring (bicyclic) bond motifs is 1. The average molecular weight is 455 g/mol. The van der Waals surface area contributed by atoms with Crippen molar-refractivity contribution in [3.8, 4) is 11.5 Å². The summed E-state index contributed by atoms with van der Waals surface area (Å²) < 4.78 is 37.4. The van der Waals surface area contributed by atoms with E-state index in [1.165, 1.54) is 43.0 Å². The fourth-order valence-corrected chi connectivity index (χ4v) is 4.43. The molecule has 3 aromatic carbocycles. The van der Waals surface area contributed by atoms with Gasteiger partial charge in [-0.2, -0.15) is 0 Å². The number of benzene rings is 3. The number of Topliss-reactive ketones (excluding diaryl/α,β-unsaturated/α-hetero) is 1. The number of nitrogens with one attached hydrogen (secondary N) is 1. The molecule has 5 nitrogen and oxygen atoms in total. The van der Waals surface area contributed by atoms with Crippen LogP contribution >= 0.6 is 11.8 Å². The number of ether oxygens (including phenoxy) is 2. The van der Waals surface area contributed by atoms with Gasteiger partial charge in [0.1, 0.15) is 11.6 Å². The Kier molecular flexibility index (Phi) is 6.41. The maximum Gasteiger partial charge on any atom is 0.234 e. The zero-order chi connectivity index (χ0) is 22.7. The fourth-order valence-electron chi connectivity index (χ4n) is 3.34. The first-order valence-electron chi connectivity index (χ1n) is 9.77. The summed E-state index contributed by atoms with van der Waals surface area (Å²) in [5.74, 6) is -0.329. The summed E-state index contributed by atoms with van der Waals surface area (Å²) in [6.45, 7) is 1.46. The highest BCUT2D eigenvalue weighted by Crippen LogP contribution is 2.38. The molecule has 0 aliphatic carbocycles. The highest BCUT2D eigenvalue weighted by atomic mass is 32.2. The van der Waals surface area contributed by atoms with Crippen molar-refractivity contribution in [2.75, 3.05) is 17.9 Å². The van der Waals surface area contributed by atoms with Crippen LogP contribution in [0.15, 0.2) is 60.7 Å². The Morgan fingerprint density at radius 2 is 1.47 bits per heavy atom. The van der Waals surface area contributed by atoms with Crippen LogP contribution in [-0.2, 0) is 4.79 Å². The Hall–Kier alpha value is -3.39. The number of thioether (sulfide) groups is 1. The number of carbonyl (C=O) groups excluding carboxylic acids is 2. The third-order valence-corrected chi connectivity index (χ3v) is 6.20. The minimum absolute atomic E-state index is 0.0468. The quantitative estimate of drug-likeness (QED) is 0.486. The standard InChI is InChI=1S/C24H19F2NO4S/c1-14(28)19-10-21-22(31-13-30-21)11-20(19)27-23(29)12-32-24(15-2-6-17(25)7-3-15)16-4-8-18(26)9-5-16/h2-11,24H,12-13H2,1H3,(H,27,29). The SMILES string of the molecule is CC(=O)c1cc2c(cc1NC(=O)CSC(c1ccc(F)cc1)c1ccc(F)cc1)OCO2. The normalized spacial score (nSPS) is 12.1. The van der Waals surface area contributed by atoms with Crippen LogP contribution < -0.4 is 14.8 Å². The van der Waals surface area contributed by atoms with Gasteiger partial charge in [0.15, 0.2) is 17.3 Å². The number of hydrogen-bond donors (Lipinski definition) is 1. The summed E-state index contributed by atoms with van der Waals surface area (Å²) in [7, 11) is 0. The Morgan fingerprint density at radius 1 is 0.938 bits per heavy atom. The molecule has 164 valence electrons. The van der Waals surface area contributed by atoms with Crippen LogP contribution in [0.25, 0.3) is 0 Å². The van der Waals surface area contributed by atoms with E-state index in [0.29, 0.717) is 22.7 Å². The number of anilines is 1. The van der Waals surface area contributed by atoms with Crippen LogP contribution in [-0.4, -0.2) is 24.2 Å². The van der Waals surface area contributed by atoms with E-state index in [2.05, 4.69) is 5.32 Å². The number of hydrogen-bond acceptors (Lipinski definition) is 5. The van der Waals surface area contributed by atoms with E-state index in [1.807, 2.05) is 0 Å². The maximum absolute atomic E-state index is 13.4. The molecule has 1 N–H and O–H groups in total. The molecule has 0 saturated carbocycles. The Bertz CT molecular complexity index is 1100. The molecular formula is C24H19F2NO4S. The lowest BCUT2D eigenvalue weighted by Crippen LogP contribution is -2.17. The molecule has 0 atom stereocenters. The minimum Gasteiger partial charge on any atom is -0.454 e. The second-order valence-corrected chi connectivity index (χ2v) is 8.24. The first kappa shape index (κ1) is 21.8. The first-order chi connectivity index (χ1) is 15.4. The van der Waals surface area contributed by atoms with E-state index in [9.17, 15) is 18.4 Å². The van der Waals surface area contributed by atoms with Crippen molar-refractivity contribution in [1.29, 1.82) is 0 Å². The third-order valence-electron chi connectivity index (χ3n) is 4.89. The summed E-state index contributed by atoms with van der Waals surface area (Å²) in [5.41, 5.74) is 2.22. The number of ketones is 1. The van der Waals surface area contributed by atoms with Crippen LogP contribution in [0.2, 0.25) is 0 Å². The van der Waals surface area contributed by atoms with E-state index >= 15 is 0 Å². The monoisotopic (exact) mass is 455 g/mol. The molecule has 1 aliphatic rings. The average Bonchev–Trinajstić information content (AvgIpc) is 3.23. The summed E-state index contributed by atoms with van der Waals surface area (Å²) in [6.07, 6.45) is 0. The molecular weight excluding hydrogens is 436 g/mol. The van der Waals surface area contributed by atoms with Crippen molar-refractivity contribution in [1.82, 2.24) is 0 Å². The van der Waals surface area contributed by atoms with Crippen molar-refractivity contribution < 1.29 is 27.8 Å². The molecule has 1 heterocycles. The summed E-state index contributed by atoms with van der Waals surface area (Å²) in [4.78, 5) is 24.8. The molecule has 0 spiro atoms. The lowest BCUT2D eigenvalue weighted by molar-refractivity contribution is -0.113. The van der Waals surface area contributed by atoms with Gasteiger partial charge in [0.25, 0.3) is 0 Å². The van der Waals surface area contributed by atoms with Crippen molar-refractivity contribution in [3.63, 3.8) is 0 Å². The molecule has 3 aromatic rings. The topological polar surface area (TPSA) is 64.6 Å². The predicted molar refractivity (Wildman–Crippen MR) is 118 cm³/mol. The third kappa shape index (κ3) is 4.91. The smallest absolute Gasteiger partial charge is 0.234 e. The van der Waals surface area contributed by atoms with E-state index in [4.69, 9.17) is 9.47 Å². The summed E-state index contributed by atoms with van der Waals surface area (Å²) >= 11 is 1.31. The second kappa shape index (κ2) is 9.40. The van der Waals surface area contributed by atoms with Crippen LogP contribution in [0.3, 0.4) is 0 Å². The van der Waals surface area contributed by atoms with Gasteiger partial charge in [-0.1, -0.05) is 24.3 Å². The molecule has 0 unspecified atom stereocenters. The number of rotatable bonds is 7. The summed E-state index contributed by atoms with van der Waals surface area (Å²) in [5, 5.41) is 2.45. The Balaban J connectivity index is 1.52. The highest BCUT2D eigenvalue weighted by Gasteiger charge is 2.22. The highest BCUT2D eigenvalue weighted by molar-refractivity contribution is 8.00. The van der Waals surface area contributed by atoms with Gasteiger partial charge in [-0.25, -0.2) is 8.78 Å². The van der Waals surface area contributed by atoms with E-state index in [0.717, 1.165) is 11.1 Å². The minimum atomic E-state index is -0.367. The van der Waals surface area contributed by atoms with Gasteiger partial charge in [-0.3, -0.25) is 9.59 Å². The van der Waals surface area contributed by atoms with Gasteiger partial charge in [-0.15, -0.1) is 11.8 Å². The van der Waals surface area contributed by atoms with Crippen molar-refractivity contribution in [2.24, 2.45) is 0 Å². The summed E-state index contributed by atoms with van der Waals surface area (Å²) in [6, 6.07) is 15.1. The number of amides is 1. The van der Waals surface area contributed by atoms with Crippen molar-refractivity contribution >= 4 is 29.1 Å². The second-order valence-electron chi connectivity index (χ2n) is 7.15. The number of halogens is 2. The van der Waals surface area contributed by atoms with Crippen LogP contribution in [0.5, 0.6) is 11.5 Å². The lowest BCUT2D eigenvalue weighted by Gasteiger charge is -2.18. The zero-order valence-corrected chi connectivity index (χ0v) is 17.9.